The third-order valence-electron chi connectivity index (χ3n) is 5.34. The first-order chi connectivity index (χ1) is 14.3. The van der Waals surface area contributed by atoms with Crippen molar-refractivity contribution in [3.8, 4) is 0 Å². The third-order valence-corrected chi connectivity index (χ3v) is 6.44. The first-order valence-electron chi connectivity index (χ1n) is 11.7. The smallest absolute Gasteiger partial charge is 1.00 e. The third kappa shape index (κ3) is 24.0. The molecule has 1 unspecified atom stereocenters. The van der Waals surface area contributed by atoms with Gasteiger partial charge >= 0.3 is 65.1 Å². The van der Waals surface area contributed by atoms with E-state index < -0.39 is 33.7 Å². The molecule has 0 radical (unpaired) electrons. The minimum absolute atomic E-state index is 0. The Morgan fingerprint density at radius 3 is 1.41 bits per heavy atom. The van der Waals surface area contributed by atoms with Crippen LogP contribution < -0.4 is 64.4 Å². The van der Waals surface area contributed by atoms with Crippen molar-refractivity contribution in [3.63, 3.8) is 0 Å². The monoisotopic (exact) mass is 497 g/mol. The maximum Gasteiger partial charge on any atom is 1.00 e. The number of carbonyl (C=O) groups is 2. The summed E-state index contributed by atoms with van der Waals surface area (Å²) >= 11 is 0. The van der Waals surface area contributed by atoms with Crippen LogP contribution in [0.15, 0.2) is 0 Å². The molecule has 1 atom stereocenters. The zero-order valence-corrected chi connectivity index (χ0v) is 25.6. The number of carboxylic acids is 1. The first kappa shape index (κ1) is 37.4. The molecule has 0 spiro atoms. The molecule has 7 nitrogen and oxygen atoms in total. The van der Waals surface area contributed by atoms with Crippen LogP contribution in [0.2, 0.25) is 0 Å². The van der Waals surface area contributed by atoms with Gasteiger partial charge in [0.2, 0.25) is 5.91 Å². The molecular formula is C22H45NNa2O6S. The minimum Gasteiger partial charge on any atom is -1.00 e. The summed E-state index contributed by atoms with van der Waals surface area (Å²) in [5.41, 5.74) is 0. The first-order valence-corrected chi connectivity index (χ1v) is 13.2. The SMILES string of the molecule is CCCCCCCCCCCCCCCCCCNC(=O)C(CC(=O)O)S(=O)(=O)O.[H-].[H-].[Na+].[Na+]. The van der Waals surface area contributed by atoms with E-state index in [9.17, 15) is 18.0 Å². The summed E-state index contributed by atoms with van der Waals surface area (Å²) in [5.74, 6) is -2.41. The number of aliphatic carboxylic acids is 1. The second kappa shape index (κ2) is 25.0. The van der Waals surface area contributed by atoms with Gasteiger partial charge in [-0.05, 0) is 6.42 Å². The van der Waals surface area contributed by atoms with Gasteiger partial charge in [-0.3, -0.25) is 14.1 Å². The molecule has 3 N–H and O–H groups in total. The van der Waals surface area contributed by atoms with E-state index in [1.54, 1.807) is 0 Å². The molecule has 0 aromatic carbocycles. The van der Waals surface area contributed by atoms with Gasteiger partial charge in [0, 0.05) is 6.54 Å². The summed E-state index contributed by atoms with van der Waals surface area (Å²) in [6.07, 6.45) is 18.9. The Kier molecular flexibility index (Phi) is 29.2. The van der Waals surface area contributed by atoms with Crippen molar-refractivity contribution in [2.75, 3.05) is 6.54 Å². The Balaban J connectivity index is -0.000000701. The number of rotatable bonds is 21. The summed E-state index contributed by atoms with van der Waals surface area (Å²) in [7, 11) is -4.73. The molecule has 0 heterocycles. The topological polar surface area (TPSA) is 121 Å². The Morgan fingerprint density at radius 1 is 0.750 bits per heavy atom. The maximum atomic E-state index is 11.8. The fraction of sp³-hybridized carbons (Fsp3) is 0.909. The van der Waals surface area contributed by atoms with Crippen LogP contribution in [0.5, 0.6) is 0 Å². The van der Waals surface area contributed by atoms with Crippen molar-refractivity contribution in [2.45, 2.75) is 121 Å². The van der Waals surface area contributed by atoms with E-state index in [2.05, 4.69) is 12.2 Å². The molecule has 0 aromatic heterocycles. The molecular weight excluding hydrogens is 452 g/mol. The van der Waals surface area contributed by atoms with Crippen molar-refractivity contribution < 1.29 is 89.6 Å². The molecule has 32 heavy (non-hydrogen) atoms. The quantitative estimate of drug-likeness (QED) is 0.110. The van der Waals surface area contributed by atoms with Gasteiger partial charge in [0.05, 0.1) is 6.42 Å². The summed E-state index contributed by atoms with van der Waals surface area (Å²) in [6.45, 7) is 2.53. The van der Waals surface area contributed by atoms with Gasteiger partial charge in [-0.2, -0.15) is 8.42 Å². The molecule has 0 saturated carbocycles. The molecule has 0 bridgehead atoms. The van der Waals surface area contributed by atoms with Gasteiger partial charge in [-0.1, -0.05) is 103 Å². The van der Waals surface area contributed by atoms with Crippen LogP contribution in [0.1, 0.15) is 119 Å². The predicted octanol–water partition coefficient (Wildman–Crippen LogP) is -0.672. The van der Waals surface area contributed by atoms with E-state index in [1.165, 1.54) is 77.0 Å². The van der Waals surface area contributed by atoms with Crippen molar-refractivity contribution in [1.82, 2.24) is 5.32 Å². The largest absolute Gasteiger partial charge is 1.00 e. The van der Waals surface area contributed by atoms with Crippen LogP contribution in [-0.4, -0.2) is 41.7 Å². The van der Waals surface area contributed by atoms with Gasteiger partial charge in [0.25, 0.3) is 10.1 Å². The van der Waals surface area contributed by atoms with E-state index >= 15 is 0 Å². The molecule has 0 aliphatic heterocycles. The molecule has 0 rings (SSSR count). The maximum absolute atomic E-state index is 11.8. The molecule has 1 amide bonds. The van der Waals surface area contributed by atoms with E-state index in [0.29, 0.717) is 6.42 Å². The molecule has 0 aliphatic carbocycles. The summed E-state index contributed by atoms with van der Waals surface area (Å²) in [6, 6.07) is 0. The number of carboxylic acid groups (broad SMARTS) is 1. The van der Waals surface area contributed by atoms with Crippen LogP contribution in [0.3, 0.4) is 0 Å². The second-order valence-electron chi connectivity index (χ2n) is 8.20. The Hall–Kier alpha value is 0.850. The van der Waals surface area contributed by atoms with Crippen LogP contribution in [0.4, 0.5) is 0 Å². The summed E-state index contributed by atoms with van der Waals surface area (Å²) < 4.78 is 31.2. The normalized spacial score (nSPS) is 11.8. The molecule has 0 aliphatic rings. The molecule has 0 aromatic rings. The van der Waals surface area contributed by atoms with Crippen molar-refractivity contribution >= 4 is 22.0 Å². The van der Waals surface area contributed by atoms with Gasteiger partial charge < -0.3 is 13.3 Å². The van der Waals surface area contributed by atoms with Crippen LogP contribution >= 0.6 is 0 Å². The number of amides is 1. The molecule has 182 valence electrons. The summed E-state index contributed by atoms with van der Waals surface area (Å²) in [4.78, 5) is 22.4. The standard InChI is InChI=1S/C22H43NO6S.2Na.2H/c1-2-3-4-5-6-7-8-9-10-11-12-13-14-15-16-17-18-23-22(26)20(19-21(24)25)30(27,28)29;;;;/h20H,2-19H2,1H3,(H,23,26)(H,24,25)(H,27,28,29);;;;/q;2*+1;2*-1. The van der Waals surface area contributed by atoms with E-state index in [1.807, 2.05) is 0 Å². The number of hydrogen-bond acceptors (Lipinski definition) is 4. The van der Waals surface area contributed by atoms with Gasteiger partial charge in [0.1, 0.15) is 0 Å². The molecule has 10 heteroatoms. The Bertz CT molecular complexity index is 572. The average Bonchev–Trinajstić information content (AvgIpc) is 2.67. The zero-order chi connectivity index (χ0) is 22.7. The predicted molar refractivity (Wildman–Crippen MR) is 122 cm³/mol. The van der Waals surface area contributed by atoms with Crippen LogP contribution in [0, 0.1) is 0 Å². The van der Waals surface area contributed by atoms with Crippen LogP contribution in [-0.2, 0) is 19.7 Å². The number of unbranched alkanes of at least 4 members (excludes halogenated alkanes) is 15. The Labute approximate surface area is 242 Å². The van der Waals surface area contributed by atoms with Crippen molar-refractivity contribution in [3.05, 3.63) is 0 Å². The van der Waals surface area contributed by atoms with E-state index in [4.69, 9.17) is 9.66 Å². The fourth-order valence-corrected chi connectivity index (χ4v) is 4.20. The van der Waals surface area contributed by atoms with Crippen molar-refractivity contribution in [1.29, 1.82) is 0 Å². The van der Waals surface area contributed by atoms with Gasteiger partial charge in [0.15, 0.2) is 5.25 Å². The summed E-state index contributed by atoms with van der Waals surface area (Å²) in [5, 5.41) is 9.12. The number of carbonyl (C=O) groups excluding carboxylic acids is 1. The Morgan fingerprint density at radius 2 is 1.09 bits per heavy atom. The van der Waals surface area contributed by atoms with Gasteiger partial charge in [-0.25, -0.2) is 0 Å². The van der Waals surface area contributed by atoms with Crippen LogP contribution in [0.25, 0.3) is 0 Å². The second-order valence-corrected chi connectivity index (χ2v) is 9.79. The number of hydrogen-bond donors (Lipinski definition) is 3. The van der Waals surface area contributed by atoms with E-state index in [-0.39, 0.29) is 68.5 Å². The molecule has 0 fully saturated rings. The van der Waals surface area contributed by atoms with E-state index in [0.717, 1.165) is 19.3 Å². The number of nitrogens with one attached hydrogen (secondary N) is 1. The fourth-order valence-electron chi connectivity index (χ4n) is 3.49. The molecule has 0 saturated heterocycles. The average molecular weight is 498 g/mol. The van der Waals surface area contributed by atoms with Crippen molar-refractivity contribution in [2.24, 2.45) is 0 Å². The van der Waals surface area contributed by atoms with Gasteiger partial charge in [-0.15, -0.1) is 0 Å². The zero-order valence-electron chi connectivity index (χ0n) is 22.7. The minimum atomic E-state index is -4.73.